The van der Waals surface area contributed by atoms with Crippen LogP contribution in [-0.2, 0) is 4.74 Å². The van der Waals surface area contributed by atoms with Crippen LogP contribution in [0.3, 0.4) is 0 Å². The molecule has 0 atom stereocenters. The minimum Gasteiger partial charge on any atom is -0.383 e. The standard InChI is InChI=1S/C10H17N3OS/c1-7(2)10-12-8(6-9(15)13-10)11-4-5-14-3/h6-7H,4-5H2,1-3H3,(H2,11,12,13,15). The van der Waals surface area contributed by atoms with Gasteiger partial charge in [-0.25, -0.2) is 4.98 Å². The Kier molecular flexibility index (Phi) is 4.71. The number of nitrogens with zero attached hydrogens (tertiary/aromatic N) is 1. The minimum absolute atomic E-state index is 0.343. The lowest BCUT2D eigenvalue weighted by molar-refractivity contribution is 0.210. The van der Waals surface area contributed by atoms with Gasteiger partial charge in [0.25, 0.3) is 0 Å². The van der Waals surface area contributed by atoms with Gasteiger partial charge in [0.05, 0.1) is 6.61 Å². The first-order valence-corrected chi connectivity index (χ1v) is 5.38. The molecule has 0 fully saturated rings. The van der Waals surface area contributed by atoms with Gasteiger partial charge in [-0.1, -0.05) is 26.1 Å². The molecule has 1 rings (SSSR count). The van der Waals surface area contributed by atoms with Crippen LogP contribution < -0.4 is 5.32 Å². The normalized spacial score (nSPS) is 10.7. The first-order chi connectivity index (χ1) is 7.13. The predicted molar refractivity (Wildman–Crippen MR) is 63.9 cm³/mol. The van der Waals surface area contributed by atoms with Crippen molar-refractivity contribution in [1.29, 1.82) is 0 Å². The SMILES string of the molecule is COCCNc1cc(=S)nc(C(C)C)[nH]1. The molecule has 0 bridgehead atoms. The van der Waals surface area contributed by atoms with Gasteiger partial charge in [0, 0.05) is 25.6 Å². The van der Waals surface area contributed by atoms with E-state index in [4.69, 9.17) is 17.0 Å². The largest absolute Gasteiger partial charge is 0.383 e. The van der Waals surface area contributed by atoms with E-state index in [1.807, 2.05) is 6.07 Å². The average Bonchev–Trinajstić information content (AvgIpc) is 2.17. The summed E-state index contributed by atoms with van der Waals surface area (Å²) >= 11 is 5.08. The van der Waals surface area contributed by atoms with Gasteiger partial charge in [-0.2, -0.15) is 0 Å². The Morgan fingerprint density at radius 1 is 1.60 bits per heavy atom. The second-order valence-electron chi connectivity index (χ2n) is 3.59. The molecule has 0 aliphatic rings. The smallest absolute Gasteiger partial charge is 0.131 e. The summed E-state index contributed by atoms with van der Waals surface area (Å²) in [5, 5.41) is 3.19. The number of anilines is 1. The summed E-state index contributed by atoms with van der Waals surface area (Å²) in [6.45, 7) is 5.57. The Hall–Kier alpha value is -0.940. The highest BCUT2D eigenvalue weighted by molar-refractivity contribution is 7.71. The van der Waals surface area contributed by atoms with E-state index in [-0.39, 0.29) is 0 Å². The zero-order valence-corrected chi connectivity index (χ0v) is 10.1. The molecule has 1 aromatic rings. The van der Waals surface area contributed by atoms with Crippen LogP contribution in [0.4, 0.5) is 5.82 Å². The molecule has 5 heteroatoms. The first-order valence-electron chi connectivity index (χ1n) is 4.97. The summed E-state index contributed by atoms with van der Waals surface area (Å²) in [5.41, 5.74) is 0. The zero-order valence-electron chi connectivity index (χ0n) is 9.33. The fraction of sp³-hybridized carbons (Fsp3) is 0.600. The lowest BCUT2D eigenvalue weighted by Crippen LogP contribution is -2.10. The quantitative estimate of drug-likeness (QED) is 0.598. The maximum Gasteiger partial charge on any atom is 0.131 e. The third-order valence-corrected chi connectivity index (χ3v) is 2.14. The van der Waals surface area contributed by atoms with Crippen LogP contribution in [0.5, 0.6) is 0 Å². The molecule has 84 valence electrons. The number of hydrogen-bond donors (Lipinski definition) is 2. The van der Waals surface area contributed by atoms with Crippen molar-refractivity contribution in [3.8, 4) is 0 Å². The van der Waals surface area contributed by atoms with E-state index >= 15 is 0 Å². The van der Waals surface area contributed by atoms with Gasteiger partial charge in [0.2, 0.25) is 0 Å². The second-order valence-corrected chi connectivity index (χ2v) is 4.01. The van der Waals surface area contributed by atoms with E-state index < -0.39 is 0 Å². The number of hydrogen-bond acceptors (Lipinski definition) is 4. The van der Waals surface area contributed by atoms with Crippen LogP contribution >= 0.6 is 12.2 Å². The Morgan fingerprint density at radius 3 is 2.93 bits per heavy atom. The molecule has 2 N–H and O–H groups in total. The van der Waals surface area contributed by atoms with Crippen LogP contribution in [0.1, 0.15) is 25.6 Å². The summed E-state index contributed by atoms with van der Waals surface area (Å²) in [6.07, 6.45) is 0. The van der Waals surface area contributed by atoms with E-state index in [0.29, 0.717) is 17.2 Å². The van der Waals surface area contributed by atoms with Crippen molar-refractivity contribution in [1.82, 2.24) is 9.97 Å². The number of nitrogens with one attached hydrogen (secondary N) is 2. The van der Waals surface area contributed by atoms with Crippen LogP contribution in [0.25, 0.3) is 0 Å². The third kappa shape index (κ3) is 3.97. The lowest BCUT2D eigenvalue weighted by atomic mass is 10.2. The summed E-state index contributed by atoms with van der Waals surface area (Å²) in [6, 6.07) is 1.82. The highest BCUT2D eigenvalue weighted by atomic mass is 32.1. The van der Waals surface area contributed by atoms with Gasteiger partial charge in [0.15, 0.2) is 0 Å². The van der Waals surface area contributed by atoms with Crippen molar-refractivity contribution in [3.05, 3.63) is 16.5 Å². The summed E-state index contributed by atoms with van der Waals surface area (Å²) in [5.74, 6) is 2.15. The van der Waals surface area contributed by atoms with E-state index in [0.717, 1.165) is 18.2 Å². The highest BCUT2D eigenvalue weighted by Crippen LogP contribution is 2.11. The van der Waals surface area contributed by atoms with E-state index in [1.165, 1.54) is 0 Å². The fourth-order valence-corrected chi connectivity index (χ4v) is 1.35. The average molecular weight is 227 g/mol. The molecular formula is C10H17N3OS. The van der Waals surface area contributed by atoms with E-state index in [9.17, 15) is 0 Å². The molecule has 0 aliphatic carbocycles. The van der Waals surface area contributed by atoms with Crippen molar-refractivity contribution in [3.63, 3.8) is 0 Å². The monoisotopic (exact) mass is 227 g/mol. The molecule has 0 saturated carbocycles. The number of H-pyrrole nitrogens is 1. The predicted octanol–water partition coefficient (Wildman–Crippen LogP) is 2.32. The Labute approximate surface area is 95.1 Å². The van der Waals surface area contributed by atoms with Gasteiger partial charge in [-0.3, -0.25) is 0 Å². The third-order valence-electron chi connectivity index (χ3n) is 1.93. The summed E-state index contributed by atoms with van der Waals surface area (Å²) in [4.78, 5) is 7.45. The van der Waals surface area contributed by atoms with Crippen molar-refractivity contribution >= 4 is 18.0 Å². The molecule has 0 radical (unpaired) electrons. The van der Waals surface area contributed by atoms with Gasteiger partial charge in [-0.05, 0) is 0 Å². The maximum absolute atomic E-state index is 5.08. The molecule has 0 amide bonds. The molecule has 0 saturated heterocycles. The van der Waals surface area contributed by atoms with Crippen LogP contribution in [0, 0.1) is 4.64 Å². The molecule has 15 heavy (non-hydrogen) atoms. The topological polar surface area (TPSA) is 49.9 Å². The van der Waals surface area contributed by atoms with Crippen molar-refractivity contribution < 1.29 is 4.74 Å². The highest BCUT2D eigenvalue weighted by Gasteiger charge is 2.02. The van der Waals surface area contributed by atoms with Crippen molar-refractivity contribution in [2.75, 3.05) is 25.6 Å². The van der Waals surface area contributed by atoms with Crippen LogP contribution in [-0.4, -0.2) is 30.2 Å². The van der Waals surface area contributed by atoms with Gasteiger partial charge in [0.1, 0.15) is 16.3 Å². The molecular weight excluding hydrogens is 210 g/mol. The number of aromatic amines is 1. The molecule has 4 nitrogen and oxygen atoms in total. The first kappa shape index (κ1) is 12.1. The summed E-state index contributed by atoms with van der Waals surface area (Å²) in [7, 11) is 1.68. The van der Waals surface area contributed by atoms with E-state index in [2.05, 4.69) is 29.1 Å². The molecule has 1 heterocycles. The van der Waals surface area contributed by atoms with Gasteiger partial charge >= 0.3 is 0 Å². The van der Waals surface area contributed by atoms with Crippen LogP contribution in [0.2, 0.25) is 0 Å². The summed E-state index contributed by atoms with van der Waals surface area (Å²) < 4.78 is 5.56. The van der Waals surface area contributed by atoms with Crippen LogP contribution in [0.15, 0.2) is 6.07 Å². The van der Waals surface area contributed by atoms with Gasteiger partial charge < -0.3 is 15.0 Å². The molecule has 1 aromatic heterocycles. The molecule has 0 spiro atoms. The Morgan fingerprint density at radius 2 is 2.33 bits per heavy atom. The fourth-order valence-electron chi connectivity index (χ4n) is 1.13. The Bertz CT molecular complexity index is 362. The van der Waals surface area contributed by atoms with E-state index in [1.54, 1.807) is 7.11 Å². The molecule has 0 aromatic carbocycles. The number of aromatic nitrogens is 2. The zero-order chi connectivity index (χ0) is 11.3. The van der Waals surface area contributed by atoms with Crippen molar-refractivity contribution in [2.24, 2.45) is 0 Å². The van der Waals surface area contributed by atoms with Crippen molar-refractivity contribution in [2.45, 2.75) is 19.8 Å². The van der Waals surface area contributed by atoms with Gasteiger partial charge in [-0.15, -0.1) is 0 Å². The second kappa shape index (κ2) is 5.82. The number of rotatable bonds is 5. The Balaban J connectivity index is 2.75. The maximum atomic E-state index is 5.08. The molecule has 0 unspecified atom stereocenters. The number of ether oxygens (including phenoxy) is 1. The molecule has 0 aliphatic heterocycles. The lowest BCUT2D eigenvalue weighted by Gasteiger charge is -2.09. The minimum atomic E-state index is 0.343. The number of methoxy groups -OCH3 is 1.